The first kappa shape index (κ1) is 8.92. The third-order valence-corrected chi connectivity index (χ3v) is 3.21. The van der Waals surface area contributed by atoms with Crippen molar-refractivity contribution in [2.75, 3.05) is 0 Å². The predicted molar refractivity (Wildman–Crippen MR) is 59.7 cm³/mol. The number of aromatic nitrogens is 2. The molecule has 0 amide bonds. The average Bonchev–Trinajstić information content (AvgIpc) is 2.67. The SMILES string of the molecule is NCc1cccn2c3c(nc12)CCCC3. The fraction of sp³-hybridized carbons (Fsp3) is 0.417. The molecule has 0 aromatic carbocycles. The van der Waals surface area contributed by atoms with Crippen LogP contribution in [-0.2, 0) is 19.4 Å². The summed E-state index contributed by atoms with van der Waals surface area (Å²) in [7, 11) is 0. The Balaban J connectivity index is 2.31. The van der Waals surface area contributed by atoms with Crippen LogP contribution >= 0.6 is 0 Å². The first-order valence-electron chi connectivity index (χ1n) is 5.58. The summed E-state index contributed by atoms with van der Waals surface area (Å²) >= 11 is 0. The molecular weight excluding hydrogens is 186 g/mol. The molecule has 2 N–H and O–H groups in total. The summed E-state index contributed by atoms with van der Waals surface area (Å²) in [5.41, 5.74) is 10.6. The Bertz CT molecular complexity index is 499. The normalized spacial score (nSPS) is 15.5. The van der Waals surface area contributed by atoms with E-state index in [1.165, 1.54) is 24.2 Å². The van der Waals surface area contributed by atoms with Crippen molar-refractivity contribution >= 4 is 5.65 Å². The number of pyridine rings is 1. The Morgan fingerprint density at radius 1 is 1.33 bits per heavy atom. The number of fused-ring (bicyclic) bond motifs is 3. The van der Waals surface area contributed by atoms with Gasteiger partial charge in [0.15, 0.2) is 0 Å². The second kappa shape index (κ2) is 3.35. The van der Waals surface area contributed by atoms with E-state index in [0.29, 0.717) is 6.54 Å². The summed E-state index contributed by atoms with van der Waals surface area (Å²) in [6, 6.07) is 4.12. The van der Waals surface area contributed by atoms with Gasteiger partial charge in [0.05, 0.1) is 5.69 Å². The number of aryl methyl sites for hydroxylation is 2. The van der Waals surface area contributed by atoms with E-state index in [4.69, 9.17) is 10.7 Å². The van der Waals surface area contributed by atoms with Gasteiger partial charge in [-0.25, -0.2) is 4.98 Å². The summed E-state index contributed by atoms with van der Waals surface area (Å²) in [4.78, 5) is 4.71. The van der Waals surface area contributed by atoms with E-state index in [1.54, 1.807) is 0 Å². The Kier molecular flexibility index (Phi) is 1.99. The number of hydrogen-bond donors (Lipinski definition) is 1. The van der Waals surface area contributed by atoms with Crippen LogP contribution in [0.1, 0.15) is 29.8 Å². The number of nitrogens with two attached hydrogens (primary N) is 1. The Hall–Kier alpha value is -1.35. The lowest BCUT2D eigenvalue weighted by molar-refractivity contribution is 0.660. The summed E-state index contributed by atoms with van der Waals surface area (Å²) in [5, 5.41) is 0. The van der Waals surface area contributed by atoms with Crippen molar-refractivity contribution in [3.63, 3.8) is 0 Å². The van der Waals surface area contributed by atoms with Crippen LogP contribution in [0.3, 0.4) is 0 Å². The maximum absolute atomic E-state index is 5.72. The van der Waals surface area contributed by atoms with E-state index in [0.717, 1.165) is 24.1 Å². The van der Waals surface area contributed by atoms with E-state index in [1.807, 2.05) is 0 Å². The molecule has 15 heavy (non-hydrogen) atoms. The minimum absolute atomic E-state index is 0.570. The van der Waals surface area contributed by atoms with Gasteiger partial charge in [-0.3, -0.25) is 0 Å². The summed E-state index contributed by atoms with van der Waals surface area (Å²) in [6.07, 6.45) is 6.94. The zero-order chi connectivity index (χ0) is 10.3. The van der Waals surface area contributed by atoms with Gasteiger partial charge in [0.25, 0.3) is 0 Å². The number of imidazole rings is 1. The van der Waals surface area contributed by atoms with Crippen molar-refractivity contribution in [3.8, 4) is 0 Å². The molecule has 3 heteroatoms. The van der Waals surface area contributed by atoms with Crippen molar-refractivity contribution in [2.45, 2.75) is 32.2 Å². The van der Waals surface area contributed by atoms with Crippen LogP contribution in [0.25, 0.3) is 5.65 Å². The van der Waals surface area contributed by atoms with Crippen LogP contribution in [0, 0.1) is 0 Å². The van der Waals surface area contributed by atoms with Gasteiger partial charge >= 0.3 is 0 Å². The lowest BCUT2D eigenvalue weighted by atomic mass is 10.0. The topological polar surface area (TPSA) is 43.3 Å². The van der Waals surface area contributed by atoms with Crippen LogP contribution in [0.4, 0.5) is 0 Å². The van der Waals surface area contributed by atoms with Gasteiger partial charge in [-0.1, -0.05) is 6.07 Å². The van der Waals surface area contributed by atoms with Crippen LogP contribution in [0.2, 0.25) is 0 Å². The molecule has 0 atom stereocenters. The lowest BCUT2D eigenvalue weighted by Gasteiger charge is -2.09. The van der Waals surface area contributed by atoms with Crippen molar-refractivity contribution in [3.05, 3.63) is 35.3 Å². The zero-order valence-corrected chi connectivity index (χ0v) is 8.74. The molecule has 3 nitrogen and oxygen atoms in total. The quantitative estimate of drug-likeness (QED) is 0.762. The molecule has 0 unspecified atom stereocenters. The molecule has 0 bridgehead atoms. The second-order valence-electron chi connectivity index (χ2n) is 4.14. The van der Waals surface area contributed by atoms with Crippen molar-refractivity contribution in [1.82, 2.24) is 9.38 Å². The molecule has 1 aliphatic carbocycles. The fourth-order valence-electron chi connectivity index (χ4n) is 2.43. The molecule has 2 aromatic rings. The summed E-state index contributed by atoms with van der Waals surface area (Å²) in [5.74, 6) is 0. The van der Waals surface area contributed by atoms with Gasteiger partial charge in [-0.15, -0.1) is 0 Å². The number of rotatable bonds is 1. The third kappa shape index (κ3) is 1.27. The smallest absolute Gasteiger partial charge is 0.141 e. The molecule has 2 aromatic heterocycles. The Morgan fingerprint density at radius 2 is 2.20 bits per heavy atom. The van der Waals surface area contributed by atoms with Crippen molar-refractivity contribution in [1.29, 1.82) is 0 Å². The van der Waals surface area contributed by atoms with Gasteiger partial charge in [0.1, 0.15) is 5.65 Å². The molecule has 0 fully saturated rings. The van der Waals surface area contributed by atoms with Crippen LogP contribution in [0.15, 0.2) is 18.3 Å². The molecule has 3 rings (SSSR count). The lowest BCUT2D eigenvalue weighted by Crippen LogP contribution is -2.04. The largest absolute Gasteiger partial charge is 0.326 e. The fourth-order valence-corrected chi connectivity index (χ4v) is 2.43. The zero-order valence-electron chi connectivity index (χ0n) is 8.74. The molecule has 1 aliphatic rings. The average molecular weight is 201 g/mol. The first-order chi connectivity index (χ1) is 7.40. The van der Waals surface area contributed by atoms with Gasteiger partial charge < -0.3 is 10.1 Å². The number of nitrogens with zero attached hydrogens (tertiary/aromatic N) is 2. The first-order valence-corrected chi connectivity index (χ1v) is 5.58. The van der Waals surface area contributed by atoms with Gasteiger partial charge in [-0.05, 0) is 31.7 Å². The highest BCUT2D eigenvalue weighted by molar-refractivity contribution is 5.51. The van der Waals surface area contributed by atoms with Crippen LogP contribution in [-0.4, -0.2) is 9.38 Å². The molecule has 78 valence electrons. The van der Waals surface area contributed by atoms with Gasteiger partial charge in [0.2, 0.25) is 0 Å². The Morgan fingerprint density at radius 3 is 3.07 bits per heavy atom. The molecule has 0 aliphatic heterocycles. The van der Waals surface area contributed by atoms with Crippen molar-refractivity contribution < 1.29 is 0 Å². The van der Waals surface area contributed by atoms with Crippen LogP contribution < -0.4 is 5.73 Å². The molecule has 0 saturated carbocycles. The Labute approximate surface area is 88.9 Å². The van der Waals surface area contributed by atoms with Crippen LogP contribution in [0.5, 0.6) is 0 Å². The van der Waals surface area contributed by atoms with E-state index in [2.05, 4.69) is 22.7 Å². The third-order valence-electron chi connectivity index (χ3n) is 3.21. The van der Waals surface area contributed by atoms with Gasteiger partial charge in [0, 0.05) is 24.0 Å². The minimum atomic E-state index is 0.570. The maximum atomic E-state index is 5.72. The van der Waals surface area contributed by atoms with E-state index in [9.17, 15) is 0 Å². The molecule has 0 saturated heterocycles. The maximum Gasteiger partial charge on any atom is 0.141 e. The molecule has 2 heterocycles. The molecular formula is C12H15N3. The van der Waals surface area contributed by atoms with E-state index in [-0.39, 0.29) is 0 Å². The summed E-state index contributed by atoms with van der Waals surface area (Å²) in [6.45, 7) is 0.570. The predicted octanol–water partition coefficient (Wildman–Crippen LogP) is 1.67. The molecule has 0 radical (unpaired) electrons. The highest BCUT2D eigenvalue weighted by Crippen LogP contribution is 2.23. The highest BCUT2D eigenvalue weighted by atomic mass is 15.0. The molecule has 0 spiro atoms. The minimum Gasteiger partial charge on any atom is -0.326 e. The highest BCUT2D eigenvalue weighted by Gasteiger charge is 2.16. The van der Waals surface area contributed by atoms with E-state index < -0.39 is 0 Å². The van der Waals surface area contributed by atoms with Gasteiger partial charge in [-0.2, -0.15) is 0 Å². The van der Waals surface area contributed by atoms with E-state index >= 15 is 0 Å². The van der Waals surface area contributed by atoms with Crippen molar-refractivity contribution in [2.24, 2.45) is 5.73 Å². The summed E-state index contributed by atoms with van der Waals surface area (Å²) < 4.78 is 2.22. The number of hydrogen-bond acceptors (Lipinski definition) is 2. The second-order valence-corrected chi connectivity index (χ2v) is 4.14. The standard InChI is InChI=1S/C12H15N3/c13-8-9-4-3-7-15-11-6-2-1-5-10(11)14-12(9)15/h3-4,7H,1-2,5-6,8,13H2. The monoisotopic (exact) mass is 201 g/mol.